The lowest BCUT2D eigenvalue weighted by Crippen LogP contribution is -2.32. The molecule has 3 heteroatoms. The van der Waals surface area contributed by atoms with E-state index in [1.165, 1.54) is 0 Å². The predicted molar refractivity (Wildman–Crippen MR) is 67.1 cm³/mol. The Morgan fingerprint density at radius 1 is 1.31 bits per heavy atom. The fourth-order valence-corrected chi connectivity index (χ4v) is 1.53. The van der Waals surface area contributed by atoms with Crippen molar-refractivity contribution in [3.63, 3.8) is 0 Å². The number of aliphatic hydroxyl groups is 1. The van der Waals surface area contributed by atoms with Crippen LogP contribution in [0.3, 0.4) is 0 Å². The van der Waals surface area contributed by atoms with Crippen LogP contribution in [0.5, 0.6) is 5.75 Å². The zero-order valence-electron chi connectivity index (χ0n) is 10.5. The monoisotopic (exact) mass is 223 g/mol. The quantitative estimate of drug-likeness (QED) is 0.830. The van der Waals surface area contributed by atoms with E-state index >= 15 is 0 Å². The molecular weight excluding hydrogens is 202 g/mol. The summed E-state index contributed by atoms with van der Waals surface area (Å²) in [6, 6.07) is 7.82. The maximum absolute atomic E-state index is 9.84. The number of nitrogens with zero attached hydrogens (tertiary/aromatic N) is 1. The average molecular weight is 223 g/mol. The summed E-state index contributed by atoms with van der Waals surface area (Å²) in [6.45, 7) is 4.64. The summed E-state index contributed by atoms with van der Waals surface area (Å²) in [5.41, 5.74) is 1.00. The summed E-state index contributed by atoms with van der Waals surface area (Å²) in [6.07, 6.45) is -0.324. The van der Waals surface area contributed by atoms with Crippen LogP contribution in [0.2, 0.25) is 0 Å². The second kappa shape index (κ2) is 5.75. The van der Waals surface area contributed by atoms with Gasteiger partial charge in [-0.15, -0.1) is 0 Å². The maximum atomic E-state index is 9.84. The van der Waals surface area contributed by atoms with Crippen molar-refractivity contribution in [1.29, 1.82) is 0 Å². The molecule has 0 bridgehead atoms. The molecule has 1 rings (SSSR count). The number of likely N-dealkylation sites (N-methyl/N-ethyl adjacent to an activating group) is 1. The van der Waals surface area contributed by atoms with Gasteiger partial charge in [0, 0.05) is 13.6 Å². The Bertz CT molecular complexity index is 325. The summed E-state index contributed by atoms with van der Waals surface area (Å²) in [5, 5.41) is 9.84. The van der Waals surface area contributed by atoms with Gasteiger partial charge in [-0.05, 0) is 18.1 Å². The third kappa shape index (κ3) is 3.14. The van der Waals surface area contributed by atoms with Crippen LogP contribution >= 0.6 is 0 Å². The first-order chi connectivity index (χ1) is 7.56. The maximum Gasteiger partial charge on any atom is 0.142 e. The van der Waals surface area contributed by atoms with Crippen LogP contribution in [0.1, 0.15) is 13.8 Å². The first-order valence-corrected chi connectivity index (χ1v) is 5.58. The Balaban J connectivity index is 2.76. The highest BCUT2D eigenvalue weighted by Gasteiger charge is 2.14. The van der Waals surface area contributed by atoms with Gasteiger partial charge in [-0.1, -0.05) is 26.0 Å². The lowest BCUT2D eigenvalue weighted by atomic mass is 10.1. The van der Waals surface area contributed by atoms with Gasteiger partial charge in [0.1, 0.15) is 5.75 Å². The number of methoxy groups -OCH3 is 1. The molecule has 1 aromatic rings. The number of aliphatic hydroxyl groups excluding tert-OH is 1. The molecule has 0 amide bonds. The zero-order valence-corrected chi connectivity index (χ0v) is 10.5. The number of ether oxygens (including phenoxy) is 1. The Labute approximate surface area is 97.7 Å². The molecule has 90 valence electrons. The molecule has 0 radical (unpaired) electrons. The van der Waals surface area contributed by atoms with Gasteiger partial charge in [-0.25, -0.2) is 0 Å². The highest BCUT2D eigenvalue weighted by Crippen LogP contribution is 2.26. The molecule has 0 aliphatic heterocycles. The number of rotatable bonds is 5. The molecule has 0 heterocycles. The highest BCUT2D eigenvalue weighted by atomic mass is 16.5. The van der Waals surface area contributed by atoms with Crippen LogP contribution in [0, 0.1) is 5.92 Å². The molecule has 3 nitrogen and oxygen atoms in total. The van der Waals surface area contributed by atoms with Gasteiger partial charge in [0.05, 0.1) is 18.9 Å². The third-order valence-electron chi connectivity index (χ3n) is 2.73. The number of anilines is 1. The summed E-state index contributed by atoms with van der Waals surface area (Å²) >= 11 is 0. The Morgan fingerprint density at radius 2 is 1.94 bits per heavy atom. The van der Waals surface area contributed by atoms with E-state index in [2.05, 4.69) is 0 Å². The minimum absolute atomic E-state index is 0.261. The average Bonchev–Trinajstić information content (AvgIpc) is 2.28. The van der Waals surface area contributed by atoms with Crippen molar-refractivity contribution in [2.75, 3.05) is 25.6 Å². The van der Waals surface area contributed by atoms with Gasteiger partial charge in [-0.3, -0.25) is 0 Å². The second-order valence-electron chi connectivity index (χ2n) is 4.36. The van der Waals surface area contributed by atoms with E-state index in [1.807, 2.05) is 50.1 Å². The minimum Gasteiger partial charge on any atom is -0.495 e. The van der Waals surface area contributed by atoms with E-state index in [1.54, 1.807) is 7.11 Å². The largest absolute Gasteiger partial charge is 0.495 e. The van der Waals surface area contributed by atoms with Gasteiger partial charge >= 0.3 is 0 Å². The van der Waals surface area contributed by atoms with Crippen molar-refractivity contribution < 1.29 is 9.84 Å². The fraction of sp³-hybridized carbons (Fsp3) is 0.538. The third-order valence-corrected chi connectivity index (χ3v) is 2.73. The van der Waals surface area contributed by atoms with Gasteiger partial charge in [0.15, 0.2) is 0 Å². The van der Waals surface area contributed by atoms with Gasteiger partial charge in [0.2, 0.25) is 0 Å². The molecule has 1 N–H and O–H groups in total. The summed E-state index contributed by atoms with van der Waals surface area (Å²) < 4.78 is 5.29. The summed E-state index contributed by atoms with van der Waals surface area (Å²) in [4.78, 5) is 2.02. The molecule has 16 heavy (non-hydrogen) atoms. The topological polar surface area (TPSA) is 32.7 Å². The van der Waals surface area contributed by atoms with Crippen molar-refractivity contribution >= 4 is 5.69 Å². The van der Waals surface area contributed by atoms with Crippen LogP contribution in [0.4, 0.5) is 5.69 Å². The van der Waals surface area contributed by atoms with Crippen molar-refractivity contribution in [2.45, 2.75) is 20.0 Å². The Kier molecular flexibility index (Phi) is 4.62. The molecule has 0 fully saturated rings. The second-order valence-corrected chi connectivity index (χ2v) is 4.36. The van der Waals surface area contributed by atoms with Gasteiger partial charge < -0.3 is 14.7 Å². The molecule has 0 saturated heterocycles. The predicted octanol–water partition coefficient (Wildman–Crippen LogP) is 2.15. The van der Waals surface area contributed by atoms with Crippen LogP contribution in [0.25, 0.3) is 0 Å². The van der Waals surface area contributed by atoms with E-state index in [0.29, 0.717) is 6.54 Å². The van der Waals surface area contributed by atoms with E-state index in [0.717, 1.165) is 11.4 Å². The van der Waals surface area contributed by atoms with Crippen LogP contribution < -0.4 is 9.64 Å². The van der Waals surface area contributed by atoms with Crippen molar-refractivity contribution in [3.05, 3.63) is 24.3 Å². The van der Waals surface area contributed by atoms with Crippen LogP contribution in [0.15, 0.2) is 24.3 Å². The molecule has 0 aliphatic rings. The van der Waals surface area contributed by atoms with E-state index in [9.17, 15) is 5.11 Å². The Hall–Kier alpha value is -1.22. The van der Waals surface area contributed by atoms with Crippen molar-refractivity contribution in [1.82, 2.24) is 0 Å². The van der Waals surface area contributed by atoms with E-state index in [-0.39, 0.29) is 12.0 Å². The van der Waals surface area contributed by atoms with Gasteiger partial charge in [-0.2, -0.15) is 0 Å². The lowest BCUT2D eigenvalue weighted by Gasteiger charge is -2.26. The number of benzene rings is 1. The van der Waals surface area contributed by atoms with Crippen LogP contribution in [-0.4, -0.2) is 31.9 Å². The number of hydrogen-bond donors (Lipinski definition) is 1. The smallest absolute Gasteiger partial charge is 0.142 e. The lowest BCUT2D eigenvalue weighted by molar-refractivity contribution is 0.132. The SMILES string of the molecule is COc1ccccc1N(C)CC(O)C(C)C. The highest BCUT2D eigenvalue weighted by molar-refractivity contribution is 5.57. The van der Waals surface area contributed by atoms with Crippen LogP contribution in [-0.2, 0) is 0 Å². The normalized spacial score (nSPS) is 12.6. The van der Waals surface area contributed by atoms with E-state index < -0.39 is 0 Å². The van der Waals surface area contributed by atoms with Crippen molar-refractivity contribution in [3.8, 4) is 5.75 Å². The Morgan fingerprint density at radius 3 is 2.50 bits per heavy atom. The molecule has 1 unspecified atom stereocenters. The molecule has 0 spiro atoms. The number of hydrogen-bond acceptors (Lipinski definition) is 3. The molecule has 0 aromatic heterocycles. The van der Waals surface area contributed by atoms with Crippen molar-refractivity contribution in [2.24, 2.45) is 5.92 Å². The molecule has 1 aromatic carbocycles. The summed E-state index contributed by atoms with van der Waals surface area (Å²) in [7, 11) is 3.62. The van der Waals surface area contributed by atoms with E-state index in [4.69, 9.17) is 4.74 Å². The van der Waals surface area contributed by atoms with Gasteiger partial charge in [0.25, 0.3) is 0 Å². The number of para-hydroxylation sites is 2. The first kappa shape index (κ1) is 12.8. The first-order valence-electron chi connectivity index (χ1n) is 5.58. The summed E-state index contributed by atoms with van der Waals surface area (Å²) in [5.74, 6) is 1.10. The zero-order chi connectivity index (χ0) is 12.1. The minimum atomic E-state index is -0.324. The molecule has 0 saturated carbocycles. The fourth-order valence-electron chi connectivity index (χ4n) is 1.53. The molecular formula is C13H21NO2. The standard InChI is InChI=1S/C13H21NO2/c1-10(2)12(15)9-14(3)11-7-5-6-8-13(11)16-4/h5-8,10,12,15H,9H2,1-4H3. The molecule has 1 atom stereocenters. The molecule has 0 aliphatic carbocycles.